The number of hydrogen-bond donors (Lipinski definition) is 0. The third kappa shape index (κ3) is 6.35. The van der Waals surface area contributed by atoms with E-state index >= 15 is 0 Å². The number of aromatic nitrogens is 3. The average molecular weight is 559 g/mol. The third-order valence-electron chi connectivity index (χ3n) is 5.61. The Morgan fingerprint density at radius 1 is 1.08 bits per heavy atom. The second-order valence-corrected chi connectivity index (χ2v) is 9.71. The van der Waals surface area contributed by atoms with E-state index in [1.165, 1.54) is 31.0 Å². The second-order valence-electron chi connectivity index (χ2n) is 8.13. The van der Waals surface area contributed by atoms with Gasteiger partial charge in [0.1, 0.15) is 29.2 Å². The molecule has 0 amide bonds. The summed E-state index contributed by atoms with van der Waals surface area (Å²) in [6, 6.07) is 16.5. The number of aryl methyl sites for hydroxylation is 1. The smallest absolute Gasteiger partial charge is 0.220 e. The fourth-order valence-electron chi connectivity index (χ4n) is 3.72. The van der Waals surface area contributed by atoms with Gasteiger partial charge >= 0.3 is 0 Å². The standard InChI is InChI=1S/C26H24ClFN4O5S/c1-16-29-30-26(32(16)20-8-10-21(35-2)11-9-20)38-24(14-31(33)34)18-12-22(27)25(23(13-18)36-3)37-15-17-4-6-19(28)7-5-17/h4-13,24H,14-15H2,1-3H3/t24-/m0/s1. The average Bonchev–Trinajstić information content (AvgIpc) is 3.27. The molecular formula is C26H24ClFN4O5S. The van der Waals surface area contributed by atoms with E-state index in [2.05, 4.69) is 10.2 Å². The molecule has 4 rings (SSSR count). The normalized spacial score (nSPS) is 11.7. The van der Waals surface area contributed by atoms with Crippen molar-refractivity contribution >= 4 is 23.4 Å². The Kier molecular flexibility index (Phi) is 8.70. The highest BCUT2D eigenvalue weighted by molar-refractivity contribution is 7.99. The number of nitrogens with zero attached hydrogens (tertiary/aromatic N) is 4. The molecule has 0 aliphatic heterocycles. The van der Waals surface area contributed by atoms with Gasteiger partial charge in [-0.05, 0) is 66.6 Å². The molecule has 0 saturated carbocycles. The van der Waals surface area contributed by atoms with E-state index in [0.717, 1.165) is 11.3 Å². The van der Waals surface area contributed by atoms with Crippen molar-refractivity contribution in [2.75, 3.05) is 20.8 Å². The van der Waals surface area contributed by atoms with Gasteiger partial charge in [-0.1, -0.05) is 35.5 Å². The van der Waals surface area contributed by atoms with E-state index in [1.807, 2.05) is 28.8 Å². The number of thioether (sulfide) groups is 1. The van der Waals surface area contributed by atoms with Gasteiger partial charge in [-0.25, -0.2) is 4.39 Å². The zero-order valence-electron chi connectivity index (χ0n) is 20.8. The van der Waals surface area contributed by atoms with Gasteiger partial charge in [0.25, 0.3) is 0 Å². The predicted octanol–water partition coefficient (Wildman–Crippen LogP) is 6.07. The van der Waals surface area contributed by atoms with Crippen LogP contribution in [0.1, 0.15) is 22.2 Å². The Morgan fingerprint density at radius 2 is 1.79 bits per heavy atom. The lowest BCUT2D eigenvalue weighted by atomic mass is 10.1. The maximum atomic E-state index is 13.2. The van der Waals surface area contributed by atoms with Crippen LogP contribution in [0.3, 0.4) is 0 Å². The molecule has 0 spiro atoms. The van der Waals surface area contributed by atoms with Crippen molar-refractivity contribution in [3.8, 4) is 22.9 Å². The zero-order chi connectivity index (χ0) is 27.2. The number of methoxy groups -OCH3 is 2. The first-order valence-corrected chi connectivity index (χ1v) is 12.6. The fraction of sp³-hybridized carbons (Fsp3) is 0.231. The lowest BCUT2D eigenvalue weighted by Gasteiger charge is -2.18. The molecule has 0 aliphatic carbocycles. The van der Waals surface area contributed by atoms with Crippen LogP contribution in [-0.4, -0.2) is 40.5 Å². The minimum atomic E-state index is -0.664. The van der Waals surface area contributed by atoms with Gasteiger partial charge < -0.3 is 14.2 Å². The maximum absolute atomic E-state index is 13.2. The quantitative estimate of drug-likeness (QED) is 0.124. The van der Waals surface area contributed by atoms with Crippen molar-refractivity contribution in [1.82, 2.24) is 14.8 Å². The molecule has 4 aromatic rings. The third-order valence-corrected chi connectivity index (χ3v) is 7.07. The van der Waals surface area contributed by atoms with Crippen LogP contribution in [0.5, 0.6) is 17.2 Å². The molecule has 0 saturated heterocycles. The van der Waals surface area contributed by atoms with Crippen LogP contribution in [0.15, 0.2) is 65.8 Å². The molecule has 0 fully saturated rings. The highest BCUT2D eigenvalue weighted by Gasteiger charge is 2.26. The Labute approximate surface area is 227 Å². The summed E-state index contributed by atoms with van der Waals surface area (Å²) in [5.41, 5.74) is 2.09. The molecule has 3 aromatic carbocycles. The molecule has 0 radical (unpaired) electrons. The van der Waals surface area contributed by atoms with Crippen LogP contribution in [0.25, 0.3) is 5.69 Å². The molecular weight excluding hydrogens is 535 g/mol. The first kappa shape index (κ1) is 27.2. The van der Waals surface area contributed by atoms with E-state index in [-0.39, 0.29) is 23.2 Å². The monoisotopic (exact) mass is 558 g/mol. The molecule has 0 bridgehead atoms. The van der Waals surface area contributed by atoms with E-state index in [9.17, 15) is 14.5 Å². The predicted molar refractivity (Wildman–Crippen MR) is 142 cm³/mol. The molecule has 38 heavy (non-hydrogen) atoms. The Bertz CT molecular complexity index is 1420. The SMILES string of the molecule is COc1ccc(-n2c(C)nnc2S[C@@H](C[N+](=O)[O-])c2cc(Cl)c(OCc3ccc(F)cc3)c(OC)c2)cc1. The molecule has 1 aromatic heterocycles. The van der Waals surface area contributed by atoms with Gasteiger partial charge in [-0.2, -0.15) is 0 Å². The van der Waals surface area contributed by atoms with Crippen molar-refractivity contribution in [3.05, 3.63) is 98.6 Å². The highest BCUT2D eigenvalue weighted by Crippen LogP contribution is 2.43. The Morgan fingerprint density at radius 3 is 2.42 bits per heavy atom. The molecule has 0 aliphatic rings. The lowest BCUT2D eigenvalue weighted by Crippen LogP contribution is -2.12. The number of ether oxygens (including phenoxy) is 3. The Balaban J connectivity index is 1.64. The van der Waals surface area contributed by atoms with E-state index in [0.29, 0.717) is 28.0 Å². The van der Waals surface area contributed by atoms with Crippen LogP contribution < -0.4 is 14.2 Å². The zero-order valence-corrected chi connectivity index (χ0v) is 22.3. The Hall–Kier alpha value is -3.83. The van der Waals surface area contributed by atoms with Crippen LogP contribution in [0.2, 0.25) is 5.02 Å². The molecule has 198 valence electrons. The van der Waals surface area contributed by atoms with Crippen molar-refractivity contribution in [2.24, 2.45) is 0 Å². The summed E-state index contributed by atoms with van der Waals surface area (Å²) in [4.78, 5) is 11.2. The first-order valence-electron chi connectivity index (χ1n) is 11.4. The molecule has 9 nitrogen and oxygen atoms in total. The summed E-state index contributed by atoms with van der Waals surface area (Å²) >= 11 is 7.75. The number of hydrogen-bond acceptors (Lipinski definition) is 8. The number of halogens is 2. The molecule has 12 heteroatoms. The van der Waals surface area contributed by atoms with Gasteiger partial charge in [0.15, 0.2) is 16.7 Å². The van der Waals surface area contributed by atoms with Crippen molar-refractivity contribution < 1.29 is 23.5 Å². The summed E-state index contributed by atoms with van der Waals surface area (Å²) in [5.74, 6) is 1.57. The van der Waals surface area contributed by atoms with E-state index < -0.39 is 16.7 Å². The van der Waals surface area contributed by atoms with Gasteiger partial charge in [0.05, 0.1) is 19.2 Å². The highest BCUT2D eigenvalue weighted by atomic mass is 35.5. The summed E-state index contributed by atoms with van der Waals surface area (Å²) in [6.07, 6.45) is 0. The summed E-state index contributed by atoms with van der Waals surface area (Å²) in [6.45, 7) is 1.54. The first-order chi connectivity index (χ1) is 18.3. The number of rotatable bonds is 11. The molecule has 1 atom stereocenters. The van der Waals surface area contributed by atoms with Crippen LogP contribution in [0.4, 0.5) is 4.39 Å². The minimum Gasteiger partial charge on any atom is -0.497 e. The number of nitro groups is 1. The molecule has 0 unspecified atom stereocenters. The van der Waals surface area contributed by atoms with E-state index in [1.54, 1.807) is 38.3 Å². The van der Waals surface area contributed by atoms with Crippen molar-refractivity contribution in [2.45, 2.75) is 23.9 Å². The van der Waals surface area contributed by atoms with Crippen molar-refractivity contribution in [1.29, 1.82) is 0 Å². The van der Waals surface area contributed by atoms with Gasteiger partial charge in [0, 0.05) is 10.6 Å². The molecule has 0 N–H and O–H groups in total. The number of benzene rings is 3. The topological polar surface area (TPSA) is 102 Å². The summed E-state index contributed by atoms with van der Waals surface area (Å²) < 4.78 is 31.6. The van der Waals surface area contributed by atoms with Crippen molar-refractivity contribution in [3.63, 3.8) is 0 Å². The summed E-state index contributed by atoms with van der Waals surface area (Å²) in [7, 11) is 3.04. The second kappa shape index (κ2) is 12.1. The largest absolute Gasteiger partial charge is 0.497 e. The van der Waals surface area contributed by atoms with Gasteiger partial charge in [0.2, 0.25) is 6.54 Å². The van der Waals surface area contributed by atoms with Crippen LogP contribution in [-0.2, 0) is 6.61 Å². The van der Waals surface area contributed by atoms with Gasteiger partial charge in [-0.15, -0.1) is 10.2 Å². The van der Waals surface area contributed by atoms with Crippen LogP contribution >= 0.6 is 23.4 Å². The lowest BCUT2D eigenvalue weighted by molar-refractivity contribution is -0.479. The minimum absolute atomic E-state index is 0.132. The van der Waals surface area contributed by atoms with Gasteiger partial charge in [-0.3, -0.25) is 14.7 Å². The summed E-state index contributed by atoms with van der Waals surface area (Å²) in [5, 5.41) is 20.1. The fourth-order valence-corrected chi connectivity index (χ4v) is 5.15. The van der Waals surface area contributed by atoms with E-state index in [4.69, 9.17) is 25.8 Å². The van der Waals surface area contributed by atoms with Crippen LogP contribution in [0, 0.1) is 22.9 Å². The molecule has 1 heterocycles. The maximum Gasteiger partial charge on any atom is 0.220 e.